The van der Waals surface area contributed by atoms with Crippen LogP contribution in [0.1, 0.15) is 20.8 Å². The normalized spacial score (nSPS) is 11.8. The number of halogens is 1. The Kier molecular flexibility index (Phi) is 3.52. The average Bonchev–Trinajstić information content (AvgIpc) is 3.02. The molecule has 3 heterocycles. The van der Waals surface area contributed by atoms with E-state index in [2.05, 4.69) is 25.9 Å². The molecule has 0 radical (unpaired) electrons. The summed E-state index contributed by atoms with van der Waals surface area (Å²) in [4.78, 5) is 20.7. The summed E-state index contributed by atoms with van der Waals surface area (Å²) >= 11 is 3.32. The molecule has 0 aliphatic rings. The number of carbonyl (C=O) groups is 1. The molecule has 0 aromatic carbocycles. The zero-order valence-electron chi connectivity index (χ0n) is 12.3. The molecule has 0 bridgehead atoms. The fourth-order valence-corrected chi connectivity index (χ4v) is 2.42. The van der Waals surface area contributed by atoms with E-state index in [0.29, 0.717) is 21.6 Å². The number of carbonyl (C=O) groups excluding carboxylic acids is 1. The van der Waals surface area contributed by atoms with Gasteiger partial charge in [-0.05, 0) is 48.8 Å². The van der Waals surface area contributed by atoms with Crippen molar-refractivity contribution >= 4 is 32.9 Å². The van der Waals surface area contributed by atoms with Crippen molar-refractivity contribution in [2.45, 2.75) is 26.4 Å². The molecule has 0 spiro atoms. The Balaban J connectivity index is 2.22. The lowest BCUT2D eigenvalue weighted by molar-refractivity contribution is 0.0546. The first-order chi connectivity index (χ1) is 10.3. The van der Waals surface area contributed by atoms with Crippen molar-refractivity contribution in [2.24, 2.45) is 0 Å². The van der Waals surface area contributed by atoms with Crippen molar-refractivity contribution in [1.82, 2.24) is 14.5 Å². The monoisotopic (exact) mass is 363 g/mol. The van der Waals surface area contributed by atoms with Gasteiger partial charge in [0, 0.05) is 11.6 Å². The number of nitrogens with zero attached hydrogens (tertiary/aromatic N) is 3. The van der Waals surface area contributed by atoms with Crippen molar-refractivity contribution < 1.29 is 13.9 Å². The van der Waals surface area contributed by atoms with Crippen LogP contribution in [0.2, 0.25) is 0 Å². The molecular weight excluding hydrogens is 350 g/mol. The van der Waals surface area contributed by atoms with Crippen LogP contribution in [-0.4, -0.2) is 26.2 Å². The maximum absolute atomic E-state index is 12.6. The second-order valence-corrected chi connectivity index (χ2v) is 6.59. The van der Waals surface area contributed by atoms with Gasteiger partial charge in [0.05, 0.1) is 17.4 Å². The van der Waals surface area contributed by atoms with Crippen LogP contribution >= 0.6 is 15.9 Å². The highest BCUT2D eigenvalue weighted by Gasteiger charge is 2.24. The number of rotatable bonds is 1. The van der Waals surface area contributed by atoms with Crippen molar-refractivity contribution in [3.05, 3.63) is 35.5 Å². The number of pyridine rings is 1. The van der Waals surface area contributed by atoms with Crippen LogP contribution < -0.4 is 0 Å². The molecule has 0 amide bonds. The molecule has 6 nitrogen and oxygen atoms in total. The SMILES string of the molecule is CC(C)(C)OC(=O)n1c(-c2cnco2)cc2cnc(Br)cc21. The summed E-state index contributed by atoms with van der Waals surface area (Å²) in [7, 11) is 0. The molecule has 0 N–H and O–H groups in total. The smallest absolute Gasteiger partial charge is 0.419 e. The maximum Gasteiger partial charge on any atom is 0.419 e. The Labute approximate surface area is 135 Å². The molecule has 3 aromatic rings. The van der Waals surface area contributed by atoms with Gasteiger partial charge in [-0.25, -0.2) is 19.3 Å². The third-order valence-corrected chi connectivity index (χ3v) is 3.35. The number of hydrogen-bond acceptors (Lipinski definition) is 5. The lowest BCUT2D eigenvalue weighted by atomic mass is 10.2. The van der Waals surface area contributed by atoms with Crippen LogP contribution in [0.15, 0.2) is 39.9 Å². The lowest BCUT2D eigenvalue weighted by Crippen LogP contribution is -2.27. The Bertz CT molecular complexity index is 832. The Morgan fingerprint density at radius 1 is 1.32 bits per heavy atom. The van der Waals surface area contributed by atoms with E-state index < -0.39 is 11.7 Å². The van der Waals surface area contributed by atoms with E-state index in [0.717, 1.165) is 5.39 Å². The number of hydrogen-bond donors (Lipinski definition) is 0. The third kappa shape index (κ3) is 2.76. The van der Waals surface area contributed by atoms with E-state index in [-0.39, 0.29) is 0 Å². The Hall–Kier alpha value is -2.15. The fraction of sp³-hybridized carbons (Fsp3) is 0.267. The van der Waals surface area contributed by atoms with Crippen molar-refractivity contribution in [1.29, 1.82) is 0 Å². The van der Waals surface area contributed by atoms with Crippen LogP contribution in [-0.2, 0) is 4.74 Å². The molecular formula is C15H14BrN3O3. The average molecular weight is 364 g/mol. The van der Waals surface area contributed by atoms with Crippen LogP contribution in [0.4, 0.5) is 4.79 Å². The highest BCUT2D eigenvalue weighted by Crippen LogP contribution is 2.30. The molecule has 0 unspecified atom stereocenters. The molecule has 0 saturated heterocycles. The van der Waals surface area contributed by atoms with Gasteiger partial charge in [-0.3, -0.25) is 0 Å². The number of fused-ring (bicyclic) bond motifs is 1. The van der Waals surface area contributed by atoms with Gasteiger partial charge in [-0.2, -0.15) is 0 Å². The molecule has 114 valence electrons. The molecule has 3 aromatic heterocycles. The van der Waals surface area contributed by atoms with E-state index in [9.17, 15) is 4.79 Å². The molecule has 0 atom stereocenters. The molecule has 22 heavy (non-hydrogen) atoms. The summed E-state index contributed by atoms with van der Waals surface area (Å²) in [6.45, 7) is 5.46. The van der Waals surface area contributed by atoms with Gasteiger partial charge in [0.1, 0.15) is 10.2 Å². The number of aromatic nitrogens is 3. The first kappa shape index (κ1) is 14.8. The summed E-state index contributed by atoms with van der Waals surface area (Å²) in [6, 6.07) is 3.58. The molecule has 7 heteroatoms. The van der Waals surface area contributed by atoms with Crippen molar-refractivity contribution in [2.75, 3.05) is 0 Å². The standard InChI is InChI=1S/C15H14BrN3O3/c1-15(2,3)22-14(20)19-10-5-13(16)18-6-9(10)4-11(19)12-7-17-8-21-12/h4-8H,1-3H3. The Morgan fingerprint density at radius 2 is 2.09 bits per heavy atom. The summed E-state index contributed by atoms with van der Waals surface area (Å²) in [6.07, 6.45) is 4.07. The van der Waals surface area contributed by atoms with Gasteiger partial charge < -0.3 is 9.15 Å². The van der Waals surface area contributed by atoms with Gasteiger partial charge >= 0.3 is 6.09 Å². The predicted molar refractivity (Wildman–Crippen MR) is 84.6 cm³/mol. The summed E-state index contributed by atoms with van der Waals surface area (Å²) in [5.41, 5.74) is 0.653. The second-order valence-electron chi connectivity index (χ2n) is 5.78. The molecule has 0 aliphatic heterocycles. The third-order valence-electron chi connectivity index (χ3n) is 2.91. The molecule has 0 saturated carbocycles. The van der Waals surface area contributed by atoms with Gasteiger partial charge in [0.25, 0.3) is 0 Å². The highest BCUT2D eigenvalue weighted by atomic mass is 79.9. The summed E-state index contributed by atoms with van der Waals surface area (Å²) < 4.78 is 12.9. The number of oxazole rings is 1. The molecule has 0 fully saturated rings. The van der Waals surface area contributed by atoms with E-state index in [1.807, 2.05) is 26.8 Å². The summed E-state index contributed by atoms with van der Waals surface area (Å²) in [5, 5.41) is 0.806. The minimum Gasteiger partial charge on any atom is -0.443 e. The first-order valence-electron chi connectivity index (χ1n) is 6.64. The minimum atomic E-state index is -0.601. The van der Waals surface area contributed by atoms with Crippen molar-refractivity contribution in [3.63, 3.8) is 0 Å². The van der Waals surface area contributed by atoms with Gasteiger partial charge in [0.2, 0.25) is 0 Å². The quantitative estimate of drug-likeness (QED) is 0.604. The van der Waals surface area contributed by atoms with E-state index >= 15 is 0 Å². The molecule has 3 rings (SSSR count). The van der Waals surface area contributed by atoms with Gasteiger partial charge in [-0.15, -0.1) is 0 Å². The second kappa shape index (κ2) is 5.24. The fourth-order valence-electron chi connectivity index (χ4n) is 2.11. The van der Waals surface area contributed by atoms with Crippen molar-refractivity contribution in [3.8, 4) is 11.5 Å². The van der Waals surface area contributed by atoms with Crippen LogP contribution in [0.5, 0.6) is 0 Å². The predicted octanol–water partition coefficient (Wildman–Crippen LogP) is 4.24. The van der Waals surface area contributed by atoms with Gasteiger partial charge in [-0.1, -0.05) is 0 Å². The van der Waals surface area contributed by atoms with E-state index in [1.165, 1.54) is 11.0 Å². The minimum absolute atomic E-state index is 0.480. The topological polar surface area (TPSA) is 70.2 Å². The van der Waals surface area contributed by atoms with Gasteiger partial charge in [0.15, 0.2) is 12.2 Å². The maximum atomic E-state index is 12.6. The first-order valence-corrected chi connectivity index (χ1v) is 7.44. The van der Waals surface area contributed by atoms with E-state index in [1.54, 1.807) is 18.5 Å². The van der Waals surface area contributed by atoms with Crippen LogP contribution in [0.25, 0.3) is 22.4 Å². The lowest BCUT2D eigenvalue weighted by Gasteiger charge is -2.20. The zero-order chi connectivity index (χ0) is 15.9. The van der Waals surface area contributed by atoms with E-state index in [4.69, 9.17) is 9.15 Å². The molecule has 0 aliphatic carbocycles. The largest absolute Gasteiger partial charge is 0.443 e. The van der Waals surface area contributed by atoms with Crippen LogP contribution in [0, 0.1) is 0 Å². The summed E-state index contributed by atoms with van der Waals surface area (Å²) in [5.74, 6) is 0.484. The van der Waals surface area contributed by atoms with Crippen LogP contribution in [0.3, 0.4) is 0 Å². The number of ether oxygens (including phenoxy) is 1. The zero-order valence-corrected chi connectivity index (χ0v) is 13.9. The highest BCUT2D eigenvalue weighted by molar-refractivity contribution is 9.10. The Morgan fingerprint density at radius 3 is 2.73 bits per heavy atom.